The first-order chi connectivity index (χ1) is 12.5. The van der Waals surface area contributed by atoms with Gasteiger partial charge < -0.3 is 19.7 Å². The summed E-state index contributed by atoms with van der Waals surface area (Å²) in [7, 11) is 1.59. The predicted octanol–water partition coefficient (Wildman–Crippen LogP) is 4.33. The van der Waals surface area contributed by atoms with Crippen LogP contribution >= 0.6 is 0 Å². The quantitative estimate of drug-likeness (QED) is 0.529. The van der Waals surface area contributed by atoms with Gasteiger partial charge in [-0.1, -0.05) is 33.6 Å². The van der Waals surface area contributed by atoms with Crippen molar-refractivity contribution in [1.29, 1.82) is 0 Å². The Balaban J connectivity index is 2.47. The Morgan fingerprint density at radius 2 is 1.77 bits per heavy atom. The molecule has 5 nitrogen and oxygen atoms in total. The molecule has 0 unspecified atom stereocenters. The number of methoxy groups -OCH3 is 1. The Hall–Kier alpha value is -1.59. The minimum Gasteiger partial charge on any atom is -0.494 e. The molecule has 0 aliphatic heterocycles. The number of amides is 1. The summed E-state index contributed by atoms with van der Waals surface area (Å²) < 4.78 is 11.2. The molecule has 1 aromatic rings. The summed E-state index contributed by atoms with van der Waals surface area (Å²) in [5.41, 5.74) is -0.0411. The molecule has 0 bridgehead atoms. The molecule has 5 heteroatoms. The number of ether oxygens (including phenoxy) is 2. The SMILES string of the molecule is CCCC[C@](C)(OC)C(=O)Nc1ccc(OCCCN(CC)CC)cc1. The van der Waals surface area contributed by atoms with Gasteiger partial charge in [-0.15, -0.1) is 0 Å². The van der Waals surface area contributed by atoms with E-state index in [0.717, 1.165) is 50.3 Å². The number of nitrogens with one attached hydrogen (secondary N) is 1. The number of benzene rings is 1. The first-order valence-electron chi connectivity index (χ1n) is 9.80. The minimum absolute atomic E-state index is 0.110. The molecule has 26 heavy (non-hydrogen) atoms. The number of hydrogen-bond acceptors (Lipinski definition) is 4. The Bertz CT molecular complexity index is 514. The lowest BCUT2D eigenvalue weighted by molar-refractivity contribution is -0.136. The highest BCUT2D eigenvalue weighted by Crippen LogP contribution is 2.22. The van der Waals surface area contributed by atoms with Gasteiger partial charge >= 0.3 is 0 Å². The number of rotatable bonds is 13. The van der Waals surface area contributed by atoms with E-state index >= 15 is 0 Å². The molecule has 0 heterocycles. The van der Waals surface area contributed by atoms with Crippen molar-refractivity contribution in [3.05, 3.63) is 24.3 Å². The van der Waals surface area contributed by atoms with E-state index in [1.807, 2.05) is 31.2 Å². The third-order valence-corrected chi connectivity index (χ3v) is 4.83. The van der Waals surface area contributed by atoms with Gasteiger partial charge in [0.15, 0.2) is 0 Å². The second-order valence-corrected chi connectivity index (χ2v) is 6.75. The lowest BCUT2D eigenvalue weighted by Gasteiger charge is -2.26. The van der Waals surface area contributed by atoms with E-state index in [9.17, 15) is 4.79 Å². The van der Waals surface area contributed by atoms with Gasteiger partial charge in [0.1, 0.15) is 11.4 Å². The predicted molar refractivity (Wildman–Crippen MR) is 108 cm³/mol. The highest BCUT2D eigenvalue weighted by atomic mass is 16.5. The summed E-state index contributed by atoms with van der Waals surface area (Å²) in [4.78, 5) is 14.9. The van der Waals surface area contributed by atoms with Crippen LogP contribution in [0.4, 0.5) is 5.69 Å². The molecule has 0 saturated heterocycles. The van der Waals surface area contributed by atoms with E-state index in [4.69, 9.17) is 9.47 Å². The van der Waals surface area contributed by atoms with Crippen molar-refractivity contribution >= 4 is 11.6 Å². The summed E-state index contributed by atoms with van der Waals surface area (Å²) in [5.74, 6) is 0.712. The van der Waals surface area contributed by atoms with Crippen LogP contribution in [0.5, 0.6) is 5.75 Å². The fraction of sp³-hybridized carbons (Fsp3) is 0.667. The molecule has 0 radical (unpaired) electrons. The fourth-order valence-electron chi connectivity index (χ4n) is 2.74. The molecule has 148 valence electrons. The van der Waals surface area contributed by atoms with Crippen LogP contribution in [0.15, 0.2) is 24.3 Å². The van der Waals surface area contributed by atoms with Gasteiger partial charge in [-0.05, 0) is 57.1 Å². The maximum Gasteiger partial charge on any atom is 0.256 e. The normalized spacial score (nSPS) is 13.5. The van der Waals surface area contributed by atoms with Gasteiger partial charge in [-0.3, -0.25) is 4.79 Å². The van der Waals surface area contributed by atoms with Crippen LogP contribution < -0.4 is 10.1 Å². The van der Waals surface area contributed by atoms with Crippen molar-refractivity contribution in [3.8, 4) is 5.75 Å². The summed E-state index contributed by atoms with van der Waals surface area (Å²) in [5, 5.41) is 2.94. The van der Waals surface area contributed by atoms with Gasteiger partial charge in [0, 0.05) is 19.3 Å². The first kappa shape index (κ1) is 22.5. The second-order valence-electron chi connectivity index (χ2n) is 6.75. The van der Waals surface area contributed by atoms with Gasteiger partial charge in [0.25, 0.3) is 5.91 Å². The van der Waals surface area contributed by atoms with Crippen molar-refractivity contribution in [2.45, 2.75) is 59.0 Å². The van der Waals surface area contributed by atoms with Crippen molar-refractivity contribution in [1.82, 2.24) is 4.90 Å². The standard InChI is InChI=1S/C21H36N2O3/c1-6-9-15-21(4,25-5)20(24)22-18-11-13-19(14-12-18)26-17-10-16-23(7-2)8-3/h11-14H,6-10,15-17H2,1-5H3,(H,22,24)/t21-/m0/s1. The zero-order valence-electron chi connectivity index (χ0n) is 17.1. The number of hydrogen-bond donors (Lipinski definition) is 1. The van der Waals surface area contributed by atoms with Crippen molar-refractivity contribution in [3.63, 3.8) is 0 Å². The Labute approximate surface area is 159 Å². The first-order valence-corrected chi connectivity index (χ1v) is 9.80. The van der Waals surface area contributed by atoms with Gasteiger partial charge in [-0.25, -0.2) is 0 Å². The molecular weight excluding hydrogens is 328 g/mol. The van der Waals surface area contributed by atoms with Crippen LogP contribution in [0.3, 0.4) is 0 Å². The van der Waals surface area contributed by atoms with E-state index in [2.05, 4.69) is 31.0 Å². The zero-order chi connectivity index (χ0) is 19.4. The molecular formula is C21H36N2O3. The number of carbonyl (C=O) groups excluding carboxylic acids is 1. The van der Waals surface area contributed by atoms with Crippen LogP contribution in [0, 0.1) is 0 Å². The van der Waals surface area contributed by atoms with Crippen LogP contribution in [0.2, 0.25) is 0 Å². The van der Waals surface area contributed by atoms with Gasteiger partial charge in [-0.2, -0.15) is 0 Å². The van der Waals surface area contributed by atoms with Gasteiger partial charge in [0.05, 0.1) is 6.61 Å². The summed E-state index contributed by atoms with van der Waals surface area (Å²) in [6.07, 6.45) is 3.70. The van der Waals surface area contributed by atoms with Crippen LogP contribution in [-0.4, -0.2) is 49.8 Å². The number of nitrogens with zero attached hydrogens (tertiary/aromatic N) is 1. The lowest BCUT2D eigenvalue weighted by Crippen LogP contribution is -2.41. The number of unbranched alkanes of at least 4 members (excludes halogenated alkanes) is 1. The molecule has 0 spiro atoms. The highest BCUT2D eigenvalue weighted by molar-refractivity contribution is 5.97. The molecule has 1 atom stereocenters. The minimum atomic E-state index is -0.796. The highest BCUT2D eigenvalue weighted by Gasteiger charge is 2.32. The summed E-state index contributed by atoms with van der Waals surface area (Å²) in [6.45, 7) is 12.2. The zero-order valence-corrected chi connectivity index (χ0v) is 17.1. The van der Waals surface area contributed by atoms with Crippen molar-refractivity contribution in [2.75, 3.05) is 38.7 Å². The lowest BCUT2D eigenvalue weighted by atomic mass is 9.97. The monoisotopic (exact) mass is 364 g/mol. The number of anilines is 1. The smallest absolute Gasteiger partial charge is 0.256 e. The molecule has 1 N–H and O–H groups in total. The Morgan fingerprint density at radius 1 is 1.12 bits per heavy atom. The summed E-state index contributed by atoms with van der Waals surface area (Å²) >= 11 is 0. The van der Waals surface area contributed by atoms with E-state index < -0.39 is 5.60 Å². The van der Waals surface area contributed by atoms with Crippen molar-refractivity contribution in [2.24, 2.45) is 0 Å². The largest absolute Gasteiger partial charge is 0.494 e. The average molecular weight is 365 g/mol. The van der Waals surface area contributed by atoms with Crippen LogP contribution in [0.25, 0.3) is 0 Å². The molecule has 1 aromatic carbocycles. The molecule has 0 fully saturated rings. The fourth-order valence-corrected chi connectivity index (χ4v) is 2.74. The number of carbonyl (C=O) groups is 1. The third-order valence-electron chi connectivity index (χ3n) is 4.83. The van der Waals surface area contributed by atoms with Crippen LogP contribution in [-0.2, 0) is 9.53 Å². The van der Waals surface area contributed by atoms with E-state index in [1.165, 1.54) is 0 Å². The van der Waals surface area contributed by atoms with Gasteiger partial charge in [0.2, 0.25) is 0 Å². The van der Waals surface area contributed by atoms with E-state index in [0.29, 0.717) is 13.0 Å². The summed E-state index contributed by atoms with van der Waals surface area (Å²) in [6, 6.07) is 7.52. The maximum absolute atomic E-state index is 12.5. The Kier molecular flexibility index (Phi) is 10.3. The Morgan fingerprint density at radius 3 is 2.31 bits per heavy atom. The topological polar surface area (TPSA) is 50.8 Å². The third kappa shape index (κ3) is 7.34. The molecule has 0 saturated carbocycles. The maximum atomic E-state index is 12.5. The average Bonchev–Trinajstić information content (AvgIpc) is 2.67. The molecule has 1 amide bonds. The van der Waals surface area contributed by atoms with E-state index in [1.54, 1.807) is 7.11 Å². The molecule has 0 aromatic heterocycles. The molecule has 0 aliphatic carbocycles. The van der Waals surface area contributed by atoms with E-state index in [-0.39, 0.29) is 5.91 Å². The molecule has 1 rings (SSSR count). The molecule has 0 aliphatic rings. The van der Waals surface area contributed by atoms with Crippen molar-refractivity contribution < 1.29 is 14.3 Å². The second kappa shape index (κ2) is 11.9. The van der Waals surface area contributed by atoms with Crippen LogP contribution in [0.1, 0.15) is 53.4 Å².